The molecule has 0 aliphatic heterocycles. The minimum atomic E-state index is 0.156. The van der Waals surface area contributed by atoms with Gasteiger partial charge in [-0.05, 0) is 26.7 Å². The van der Waals surface area contributed by atoms with Crippen molar-refractivity contribution in [3.05, 3.63) is 0 Å². The molecule has 0 atom stereocenters. The summed E-state index contributed by atoms with van der Waals surface area (Å²) in [4.78, 5) is 15.8. The first-order chi connectivity index (χ1) is 6.74. The zero-order chi connectivity index (χ0) is 10.6. The maximum absolute atomic E-state index is 12.0. The van der Waals surface area contributed by atoms with Crippen LogP contribution < -0.4 is 5.73 Å². The number of rotatable bonds is 5. The summed E-state index contributed by atoms with van der Waals surface area (Å²) in [5.41, 5.74) is 5.50. The van der Waals surface area contributed by atoms with Gasteiger partial charge >= 0.3 is 6.03 Å². The van der Waals surface area contributed by atoms with Gasteiger partial charge in [0.2, 0.25) is 0 Å². The third-order valence-corrected chi connectivity index (χ3v) is 2.64. The van der Waals surface area contributed by atoms with Gasteiger partial charge in [0.1, 0.15) is 0 Å². The Bertz CT molecular complexity index is 188. The summed E-state index contributed by atoms with van der Waals surface area (Å²) < 4.78 is 0. The highest BCUT2D eigenvalue weighted by Crippen LogP contribution is 2.27. The monoisotopic (exact) mass is 199 g/mol. The molecule has 0 unspecified atom stereocenters. The van der Waals surface area contributed by atoms with E-state index in [4.69, 9.17) is 5.73 Å². The molecule has 1 fully saturated rings. The number of urea groups is 1. The van der Waals surface area contributed by atoms with E-state index in [2.05, 4.69) is 0 Å². The number of carbonyl (C=O) groups excluding carboxylic acids is 1. The van der Waals surface area contributed by atoms with Gasteiger partial charge in [-0.15, -0.1) is 0 Å². The Hall–Kier alpha value is -0.770. The van der Waals surface area contributed by atoms with E-state index in [1.165, 1.54) is 0 Å². The van der Waals surface area contributed by atoms with Crippen LogP contribution in [-0.2, 0) is 0 Å². The molecule has 1 rings (SSSR count). The van der Waals surface area contributed by atoms with Crippen LogP contribution in [-0.4, -0.2) is 48.1 Å². The third kappa shape index (κ3) is 2.61. The molecule has 0 spiro atoms. The Morgan fingerprint density at radius 2 is 1.93 bits per heavy atom. The molecule has 0 aromatic carbocycles. The van der Waals surface area contributed by atoms with E-state index in [9.17, 15) is 4.79 Å². The minimum absolute atomic E-state index is 0.156. The minimum Gasteiger partial charge on any atom is -0.329 e. The van der Waals surface area contributed by atoms with Crippen molar-refractivity contribution in [2.75, 3.05) is 26.2 Å². The van der Waals surface area contributed by atoms with Crippen LogP contribution in [0, 0.1) is 0 Å². The van der Waals surface area contributed by atoms with Gasteiger partial charge in [-0.25, -0.2) is 4.79 Å². The molecule has 4 nitrogen and oxygen atoms in total. The molecule has 0 heterocycles. The summed E-state index contributed by atoms with van der Waals surface area (Å²) in [7, 11) is 0. The van der Waals surface area contributed by atoms with Gasteiger partial charge in [-0.3, -0.25) is 0 Å². The van der Waals surface area contributed by atoms with Gasteiger partial charge in [-0.1, -0.05) is 0 Å². The summed E-state index contributed by atoms with van der Waals surface area (Å²) in [6.07, 6.45) is 2.29. The van der Waals surface area contributed by atoms with Crippen LogP contribution in [0.3, 0.4) is 0 Å². The highest BCUT2D eigenvalue weighted by atomic mass is 16.2. The van der Waals surface area contributed by atoms with Crippen molar-refractivity contribution in [2.45, 2.75) is 32.7 Å². The molecule has 14 heavy (non-hydrogen) atoms. The van der Waals surface area contributed by atoms with E-state index in [0.717, 1.165) is 25.9 Å². The number of amides is 2. The van der Waals surface area contributed by atoms with Crippen LogP contribution in [0.5, 0.6) is 0 Å². The predicted octanol–water partition coefficient (Wildman–Crippen LogP) is 0.871. The fraction of sp³-hybridized carbons (Fsp3) is 0.900. The summed E-state index contributed by atoms with van der Waals surface area (Å²) in [5.74, 6) is 0. The van der Waals surface area contributed by atoms with Crippen molar-refractivity contribution in [2.24, 2.45) is 5.73 Å². The smallest absolute Gasteiger partial charge is 0.320 e. The number of hydrogen-bond acceptors (Lipinski definition) is 2. The molecule has 0 aromatic rings. The molecule has 1 saturated carbocycles. The van der Waals surface area contributed by atoms with Crippen molar-refractivity contribution in [3.8, 4) is 0 Å². The second-order valence-corrected chi connectivity index (χ2v) is 3.67. The molecular formula is C10H21N3O. The highest BCUT2D eigenvalue weighted by Gasteiger charge is 2.33. The molecule has 0 bridgehead atoms. The fourth-order valence-electron chi connectivity index (χ4n) is 1.64. The lowest BCUT2D eigenvalue weighted by atomic mass is 10.4. The van der Waals surface area contributed by atoms with Gasteiger partial charge in [0.25, 0.3) is 0 Å². The van der Waals surface area contributed by atoms with E-state index in [1.54, 1.807) is 0 Å². The van der Waals surface area contributed by atoms with Gasteiger partial charge in [-0.2, -0.15) is 0 Å². The molecule has 2 amide bonds. The summed E-state index contributed by atoms with van der Waals surface area (Å²) in [6.45, 7) is 6.83. The second-order valence-electron chi connectivity index (χ2n) is 3.67. The Morgan fingerprint density at radius 3 is 2.29 bits per heavy atom. The van der Waals surface area contributed by atoms with E-state index in [-0.39, 0.29) is 6.03 Å². The molecule has 0 saturated heterocycles. The van der Waals surface area contributed by atoms with Crippen molar-refractivity contribution in [1.29, 1.82) is 0 Å². The summed E-state index contributed by atoms with van der Waals surface area (Å²) in [5, 5.41) is 0. The first-order valence-electron chi connectivity index (χ1n) is 5.50. The Balaban J connectivity index is 2.52. The number of carbonyl (C=O) groups is 1. The molecule has 0 radical (unpaired) electrons. The SMILES string of the molecule is CCN(CC)C(=O)N(CCN)C1CC1. The molecule has 4 heteroatoms. The Kier molecular flexibility index (Phi) is 4.20. The van der Waals surface area contributed by atoms with Crippen molar-refractivity contribution >= 4 is 6.03 Å². The highest BCUT2D eigenvalue weighted by molar-refractivity contribution is 5.75. The lowest BCUT2D eigenvalue weighted by molar-refractivity contribution is 0.156. The topological polar surface area (TPSA) is 49.6 Å². The lowest BCUT2D eigenvalue weighted by Crippen LogP contribution is -2.46. The average Bonchev–Trinajstić information content (AvgIpc) is 2.99. The molecule has 1 aliphatic rings. The molecular weight excluding hydrogens is 178 g/mol. The van der Waals surface area contributed by atoms with Crippen molar-refractivity contribution in [3.63, 3.8) is 0 Å². The van der Waals surface area contributed by atoms with Crippen molar-refractivity contribution in [1.82, 2.24) is 9.80 Å². The number of hydrogen-bond donors (Lipinski definition) is 1. The van der Waals surface area contributed by atoms with Crippen LogP contribution in [0.15, 0.2) is 0 Å². The Labute approximate surface area is 86.0 Å². The van der Waals surface area contributed by atoms with Gasteiger partial charge in [0.05, 0.1) is 0 Å². The summed E-state index contributed by atoms with van der Waals surface area (Å²) >= 11 is 0. The zero-order valence-electron chi connectivity index (χ0n) is 9.20. The normalized spacial score (nSPS) is 15.4. The maximum Gasteiger partial charge on any atom is 0.320 e. The number of nitrogens with zero attached hydrogens (tertiary/aromatic N) is 2. The van der Waals surface area contributed by atoms with E-state index in [1.807, 2.05) is 23.6 Å². The van der Waals surface area contributed by atoms with Crippen LogP contribution in [0.25, 0.3) is 0 Å². The standard InChI is InChI=1S/C10H21N3O/c1-3-12(4-2)10(14)13(8-7-11)9-5-6-9/h9H,3-8,11H2,1-2H3. The van der Waals surface area contributed by atoms with Crippen molar-refractivity contribution < 1.29 is 4.79 Å². The largest absolute Gasteiger partial charge is 0.329 e. The van der Waals surface area contributed by atoms with E-state index >= 15 is 0 Å². The van der Waals surface area contributed by atoms with Crippen LogP contribution in [0.4, 0.5) is 4.79 Å². The van der Waals surface area contributed by atoms with Crippen LogP contribution in [0.1, 0.15) is 26.7 Å². The van der Waals surface area contributed by atoms with Crippen LogP contribution >= 0.6 is 0 Å². The van der Waals surface area contributed by atoms with E-state index < -0.39 is 0 Å². The Morgan fingerprint density at radius 1 is 1.36 bits per heavy atom. The average molecular weight is 199 g/mol. The molecule has 2 N–H and O–H groups in total. The first kappa shape index (κ1) is 11.3. The lowest BCUT2D eigenvalue weighted by Gasteiger charge is -2.29. The molecule has 1 aliphatic carbocycles. The fourth-order valence-corrected chi connectivity index (χ4v) is 1.64. The zero-order valence-corrected chi connectivity index (χ0v) is 9.20. The first-order valence-corrected chi connectivity index (χ1v) is 5.50. The van der Waals surface area contributed by atoms with Gasteiger partial charge in [0.15, 0.2) is 0 Å². The summed E-state index contributed by atoms with van der Waals surface area (Å²) in [6, 6.07) is 0.620. The van der Waals surface area contributed by atoms with Gasteiger partial charge in [0, 0.05) is 32.2 Å². The van der Waals surface area contributed by atoms with Gasteiger partial charge < -0.3 is 15.5 Å². The van der Waals surface area contributed by atoms with Crippen LogP contribution in [0.2, 0.25) is 0 Å². The van der Waals surface area contributed by atoms with E-state index in [0.29, 0.717) is 19.1 Å². The quantitative estimate of drug-likeness (QED) is 0.714. The maximum atomic E-state index is 12.0. The third-order valence-electron chi connectivity index (χ3n) is 2.64. The molecule has 0 aromatic heterocycles. The second kappa shape index (κ2) is 5.20. The predicted molar refractivity (Wildman–Crippen MR) is 57.1 cm³/mol. The molecule has 82 valence electrons. The number of nitrogens with two attached hydrogens (primary N) is 1.